The number of furan rings is 1. The molecule has 0 saturated heterocycles. The Morgan fingerprint density at radius 2 is 2.00 bits per heavy atom. The normalized spacial score (nSPS) is 10.6. The Labute approximate surface area is 144 Å². The van der Waals surface area contributed by atoms with Crippen molar-refractivity contribution in [2.24, 2.45) is 0 Å². The van der Waals surface area contributed by atoms with Crippen LogP contribution in [0.4, 0.5) is 17.3 Å². The second-order valence-electron chi connectivity index (χ2n) is 5.06. The van der Waals surface area contributed by atoms with Crippen molar-refractivity contribution >= 4 is 17.3 Å². The van der Waals surface area contributed by atoms with Crippen LogP contribution >= 0.6 is 0 Å². The summed E-state index contributed by atoms with van der Waals surface area (Å²) in [6, 6.07) is 3.51. The highest BCUT2D eigenvalue weighted by atomic mass is 16.6. The molecule has 0 unspecified atom stereocenters. The number of hydrogen-bond donors (Lipinski definition) is 1. The molecule has 0 aliphatic carbocycles. The van der Waals surface area contributed by atoms with Crippen molar-refractivity contribution in [3.8, 4) is 0 Å². The number of rotatable bonds is 11. The van der Waals surface area contributed by atoms with Gasteiger partial charge in [-0.25, -0.2) is 9.97 Å². The minimum Gasteiger partial charge on any atom is -0.467 e. The quantitative estimate of drug-likeness (QED) is 0.477. The Balaban J connectivity index is 2.28. The maximum Gasteiger partial charge on any atom is 0.353 e. The van der Waals surface area contributed by atoms with Crippen molar-refractivity contribution < 1.29 is 18.8 Å². The van der Waals surface area contributed by atoms with Crippen molar-refractivity contribution in [1.29, 1.82) is 0 Å². The van der Waals surface area contributed by atoms with Gasteiger partial charge >= 0.3 is 5.69 Å². The van der Waals surface area contributed by atoms with E-state index in [4.69, 9.17) is 13.9 Å². The van der Waals surface area contributed by atoms with Crippen LogP contribution in [0.3, 0.4) is 0 Å². The second-order valence-corrected chi connectivity index (χ2v) is 5.06. The van der Waals surface area contributed by atoms with Gasteiger partial charge in [0.1, 0.15) is 12.1 Å². The summed E-state index contributed by atoms with van der Waals surface area (Å²) in [6.07, 6.45) is 2.83. The molecule has 0 radical (unpaired) electrons. The van der Waals surface area contributed by atoms with Gasteiger partial charge in [-0.05, 0) is 12.1 Å². The van der Waals surface area contributed by atoms with E-state index in [2.05, 4.69) is 15.3 Å². The first-order chi connectivity index (χ1) is 12.2. The zero-order valence-corrected chi connectivity index (χ0v) is 14.2. The molecule has 2 aromatic heterocycles. The third kappa shape index (κ3) is 5.13. The summed E-state index contributed by atoms with van der Waals surface area (Å²) in [5.41, 5.74) is -0.193. The van der Waals surface area contributed by atoms with Crippen molar-refractivity contribution in [3.05, 3.63) is 40.6 Å². The predicted octanol–water partition coefficient (Wildman–Crippen LogP) is 1.69. The molecule has 0 aliphatic heterocycles. The number of methoxy groups -OCH3 is 2. The highest BCUT2D eigenvalue weighted by Gasteiger charge is 2.27. The Kier molecular flexibility index (Phi) is 7.11. The van der Waals surface area contributed by atoms with Crippen LogP contribution < -0.4 is 10.2 Å². The van der Waals surface area contributed by atoms with Gasteiger partial charge in [-0.1, -0.05) is 0 Å². The number of nitro groups is 1. The number of anilines is 2. The summed E-state index contributed by atoms with van der Waals surface area (Å²) >= 11 is 0. The first-order valence-electron chi connectivity index (χ1n) is 7.65. The van der Waals surface area contributed by atoms with Crippen molar-refractivity contribution in [2.75, 3.05) is 50.7 Å². The van der Waals surface area contributed by atoms with Crippen molar-refractivity contribution in [2.45, 2.75) is 6.54 Å². The molecule has 0 spiro atoms. The highest BCUT2D eigenvalue weighted by molar-refractivity contribution is 5.70. The largest absolute Gasteiger partial charge is 0.467 e. The maximum absolute atomic E-state index is 11.6. The van der Waals surface area contributed by atoms with Crippen LogP contribution in [0.2, 0.25) is 0 Å². The van der Waals surface area contributed by atoms with Crippen LogP contribution in [0.5, 0.6) is 0 Å². The van der Waals surface area contributed by atoms with Gasteiger partial charge in [0.2, 0.25) is 11.6 Å². The standard InChI is InChI=1S/C15H21N5O5/c1-23-8-5-19(6-9-24-2)15-13(20(21)22)14(17-11-18-15)16-10-12-4-3-7-25-12/h3-4,7,11H,5-6,8-10H2,1-2H3,(H,16,17,18). The van der Waals surface area contributed by atoms with Crippen molar-refractivity contribution in [1.82, 2.24) is 9.97 Å². The molecule has 0 atom stereocenters. The molecule has 10 nitrogen and oxygen atoms in total. The summed E-state index contributed by atoms with van der Waals surface area (Å²) in [4.78, 5) is 21.0. The molecule has 0 aliphatic rings. The average Bonchev–Trinajstić information content (AvgIpc) is 3.13. The Morgan fingerprint density at radius 3 is 2.56 bits per heavy atom. The van der Waals surface area contributed by atoms with E-state index in [9.17, 15) is 10.1 Å². The summed E-state index contributed by atoms with van der Waals surface area (Å²) in [7, 11) is 3.14. The fourth-order valence-corrected chi connectivity index (χ4v) is 2.21. The van der Waals surface area contributed by atoms with E-state index in [1.54, 1.807) is 31.3 Å². The van der Waals surface area contributed by atoms with E-state index in [-0.39, 0.29) is 23.9 Å². The monoisotopic (exact) mass is 351 g/mol. The van der Waals surface area contributed by atoms with E-state index in [0.717, 1.165) is 0 Å². The Morgan fingerprint density at radius 1 is 1.28 bits per heavy atom. The fraction of sp³-hybridized carbons (Fsp3) is 0.467. The van der Waals surface area contributed by atoms with Gasteiger partial charge < -0.3 is 24.1 Å². The maximum atomic E-state index is 11.6. The smallest absolute Gasteiger partial charge is 0.353 e. The molecule has 1 N–H and O–H groups in total. The van der Waals surface area contributed by atoms with Crippen LogP contribution in [0.1, 0.15) is 5.76 Å². The Bertz CT molecular complexity index is 656. The van der Waals surface area contributed by atoms with Gasteiger partial charge in [0.15, 0.2) is 0 Å². The molecule has 0 amide bonds. The van der Waals surface area contributed by atoms with E-state index >= 15 is 0 Å². The molecule has 0 fully saturated rings. The highest BCUT2D eigenvalue weighted by Crippen LogP contribution is 2.31. The summed E-state index contributed by atoms with van der Waals surface area (Å²) in [6.45, 7) is 1.96. The molecular formula is C15H21N5O5. The molecule has 2 heterocycles. The molecular weight excluding hydrogens is 330 g/mol. The molecule has 0 saturated carbocycles. The number of aromatic nitrogens is 2. The Hall–Kier alpha value is -2.72. The lowest BCUT2D eigenvalue weighted by Gasteiger charge is -2.23. The van der Waals surface area contributed by atoms with Crippen LogP contribution in [-0.2, 0) is 16.0 Å². The molecule has 2 rings (SSSR count). The summed E-state index contributed by atoms with van der Waals surface area (Å²) in [5, 5.41) is 14.6. The van der Waals surface area contributed by atoms with Crippen LogP contribution in [0, 0.1) is 10.1 Å². The van der Waals surface area contributed by atoms with Gasteiger partial charge in [-0.2, -0.15) is 0 Å². The van der Waals surface area contributed by atoms with Crippen LogP contribution in [-0.4, -0.2) is 55.4 Å². The molecule has 10 heteroatoms. The lowest BCUT2D eigenvalue weighted by atomic mass is 10.3. The third-order valence-corrected chi connectivity index (χ3v) is 3.43. The SMILES string of the molecule is COCCN(CCOC)c1ncnc(NCc2ccco2)c1[N+](=O)[O-]. The molecule has 136 valence electrons. The third-order valence-electron chi connectivity index (χ3n) is 3.43. The average molecular weight is 351 g/mol. The zero-order chi connectivity index (χ0) is 18.1. The van der Waals surface area contributed by atoms with Gasteiger partial charge in [0.05, 0.1) is 30.9 Å². The first-order valence-corrected chi connectivity index (χ1v) is 7.65. The minimum absolute atomic E-state index is 0.131. The molecule has 0 aromatic carbocycles. The van der Waals surface area contributed by atoms with E-state index in [0.29, 0.717) is 32.1 Å². The van der Waals surface area contributed by atoms with E-state index < -0.39 is 4.92 Å². The molecule has 25 heavy (non-hydrogen) atoms. The number of hydrogen-bond acceptors (Lipinski definition) is 9. The van der Waals surface area contributed by atoms with Crippen LogP contribution in [0.15, 0.2) is 29.1 Å². The van der Waals surface area contributed by atoms with Gasteiger partial charge in [0.25, 0.3) is 0 Å². The zero-order valence-electron chi connectivity index (χ0n) is 14.2. The topological polar surface area (TPSA) is 116 Å². The summed E-state index contributed by atoms with van der Waals surface area (Å²) in [5.74, 6) is 0.993. The molecule has 0 bridgehead atoms. The lowest BCUT2D eigenvalue weighted by molar-refractivity contribution is -0.383. The van der Waals surface area contributed by atoms with Gasteiger partial charge in [-0.15, -0.1) is 0 Å². The van der Waals surface area contributed by atoms with Crippen molar-refractivity contribution in [3.63, 3.8) is 0 Å². The predicted molar refractivity (Wildman–Crippen MR) is 90.7 cm³/mol. The number of nitrogens with one attached hydrogen (secondary N) is 1. The fourth-order valence-electron chi connectivity index (χ4n) is 2.21. The molecule has 2 aromatic rings. The van der Waals surface area contributed by atoms with Gasteiger partial charge in [-0.3, -0.25) is 10.1 Å². The second kappa shape index (κ2) is 9.55. The number of ether oxygens (including phenoxy) is 2. The summed E-state index contributed by atoms with van der Waals surface area (Å²) < 4.78 is 15.4. The van der Waals surface area contributed by atoms with Crippen LogP contribution in [0.25, 0.3) is 0 Å². The lowest BCUT2D eigenvalue weighted by Crippen LogP contribution is -2.32. The van der Waals surface area contributed by atoms with E-state index in [1.165, 1.54) is 12.6 Å². The van der Waals surface area contributed by atoms with E-state index in [1.807, 2.05) is 0 Å². The van der Waals surface area contributed by atoms with Gasteiger partial charge in [0, 0.05) is 27.3 Å². The number of nitrogens with zero attached hydrogens (tertiary/aromatic N) is 4. The first kappa shape index (κ1) is 18.6. The minimum atomic E-state index is -0.494.